The number of carbonyl (C=O) groups excluding carboxylic acids is 1. The van der Waals surface area contributed by atoms with Gasteiger partial charge >= 0.3 is 0 Å². The first kappa shape index (κ1) is 23.4. The van der Waals surface area contributed by atoms with Crippen LogP contribution in [0.25, 0.3) is 22.0 Å². The summed E-state index contributed by atoms with van der Waals surface area (Å²) in [6.45, 7) is 0. The Morgan fingerprint density at radius 1 is 1.15 bits per heavy atom. The van der Waals surface area contributed by atoms with Gasteiger partial charge in [0.2, 0.25) is 5.91 Å². The predicted molar refractivity (Wildman–Crippen MR) is 131 cm³/mol. The van der Waals surface area contributed by atoms with E-state index in [4.69, 9.17) is 14.5 Å². The molecule has 33 heavy (non-hydrogen) atoms. The van der Waals surface area contributed by atoms with Crippen molar-refractivity contribution in [2.24, 2.45) is 0 Å². The summed E-state index contributed by atoms with van der Waals surface area (Å²) in [7, 11) is 1.83. The standard InChI is InChI=1S/C24H26N2O5S2/c1-26(17-9-10-33(28,29)15-17)23(27)14-32-22-13-19(16-7-5-4-6-8-16)24-20(25-22)11-18(30-2)12-21(24)31-3/h4-8,11-13,17H,9-10,14-15H2,1-3H3/t17-/m1/s1. The van der Waals surface area contributed by atoms with Crippen molar-refractivity contribution in [1.29, 1.82) is 0 Å². The number of thioether (sulfide) groups is 1. The third kappa shape index (κ3) is 5.09. The Hall–Kier alpha value is -2.78. The lowest BCUT2D eigenvalue weighted by molar-refractivity contribution is -0.128. The van der Waals surface area contributed by atoms with Crippen LogP contribution in [0.1, 0.15) is 6.42 Å². The molecular formula is C24H26N2O5S2. The van der Waals surface area contributed by atoms with Crippen LogP contribution in [-0.2, 0) is 14.6 Å². The molecule has 1 aliphatic heterocycles. The Labute approximate surface area is 198 Å². The van der Waals surface area contributed by atoms with Gasteiger partial charge in [-0.15, -0.1) is 0 Å². The molecule has 4 rings (SSSR count). The second kappa shape index (κ2) is 9.61. The molecule has 1 aromatic heterocycles. The van der Waals surface area contributed by atoms with Crippen LogP contribution < -0.4 is 9.47 Å². The van der Waals surface area contributed by atoms with Crippen LogP contribution in [0.5, 0.6) is 11.5 Å². The molecule has 1 saturated heterocycles. The molecule has 0 N–H and O–H groups in total. The van der Waals surface area contributed by atoms with Crippen molar-refractivity contribution in [3.63, 3.8) is 0 Å². The highest BCUT2D eigenvalue weighted by atomic mass is 32.2. The van der Waals surface area contributed by atoms with E-state index in [0.717, 1.165) is 16.5 Å². The molecule has 9 heteroatoms. The van der Waals surface area contributed by atoms with Gasteiger partial charge in [-0.2, -0.15) is 0 Å². The number of pyridine rings is 1. The minimum absolute atomic E-state index is 0.0336. The van der Waals surface area contributed by atoms with E-state index in [1.807, 2.05) is 48.5 Å². The summed E-state index contributed by atoms with van der Waals surface area (Å²) in [4.78, 5) is 19.1. The van der Waals surface area contributed by atoms with Gasteiger partial charge in [0.25, 0.3) is 0 Å². The molecule has 0 bridgehead atoms. The molecule has 7 nitrogen and oxygen atoms in total. The lowest BCUT2D eigenvalue weighted by Gasteiger charge is -2.23. The zero-order valence-corrected chi connectivity index (χ0v) is 20.4. The van der Waals surface area contributed by atoms with E-state index in [1.54, 1.807) is 26.2 Å². The number of ether oxygens (including phenoxy) is 2. The third-order valence-corrected chi connectivity index (χ3v) is 8.50. The normalized spacial score (nSPS) is 17.1. The molecule has 1 fully saturated rings. The van der Waals surface area contributed by atoms with Crippen LogP contribution >= 0.6 is 11.8 Å². The van der Waals surface area contributed by atoms with Gasteiger partial charge in [0.15, 0.2) is 9.84 Å². The van der Waals surface area contributed by atoms with Gasteiger partial charge in [0, 0.05) is 25.2 Å². The first-order valence-electron chi connectivity index (χ1n) is 10.5. The number of benzene rings is 2. The Morgan fingerprint density at radius 2 is 1.91 bits per heavy atom. The Bertz CT molecular complexity index is 1280. The van der Waals surface area contributed by atoms with Crippen molar-refractivity contribution >= 4 is 38.4 Å². The van der Waals surface area contributed by atoms with E-state index in [0.29, 0.717) is 28.5 Å². The second-order valence-corrected chi connectivity index (χ2v) is 11.2. The third-order valence-electron chi connectivity index (χ3n) is 5.86. The average Bonchev–Trinajstić information content (AvgIpc) is 3.20. The lowest BCUT2D eigenvalue weighted by atomic mass is 10.0. The maximum absolute atomic E-state index is 12.8. The van der Waals surface area contributed by atoms with Gasteiger partial charge in [-0.25, -0.2) is 13.4 Å². The summed E-state index contributed by atoms with van der Waals surface area (Å²) in [5.74, 6) is 1.51. The number of sulfone groups is 1. The maximum Gasteiger partial charge on any atom is 0.233 e. The molecular weight excluding hydrogens is 460 g/mol. The topological polar surface area (TPSA) is 85.8 Å². The molecule has 0 unspecified atom stereocenters. The van der Waals surface area contributed by atoms with E-state index in [9.17, 15) is 13.2 Å². The molecule has 1 atom stereocenters. The van der Waals surface area contributed by atoms with E-state index in [1.165, 1.54) is 11.8 Å². The molecule has 2 heterocycles. The Kier molecular flexibility index (Phi) is 6.81. The highest BCUT2D eigenvalue weighted by Crippen LogP contribution is 2.39. The van der Waals surface area contributed by atoms with Crippen molar-refractivity contribution in [1.82, 2.24) is 9.88 Å². The largest absolute Gasteiger partial charge is 0.497 e. The Balaban J connectivity index is 1.66. The fraction of sp³-hybridized carbons (Fsp3) is 0.333. The Morgan fingerprint density at radius 3 is 2.55 bits per heavy atom. The number of carbonyl (C=O) groups is 1. The first-order valence-corrected chi connectivity index (χ1v) is 13.3. The minimum Gasteiger partial charge on any atom is -0.497 e. The molecule has 0 saturated carbocycles. The number of hydrogen-bond acceptors (Lipinski definition) is 7. The molecule has 3 aromatic rings. The van der Waals surface area contributed by atoms with Crippen molar-refractivity contribution in [2.75, 3.05) is 38.5 Å². The summed E-state index contributed by atoms with van der Waals surface area (Å²) in [5.41, 5.74) is 2.66. The monoisotopic (exact) mass is 486 g/mol. The fourth-order valence-electron chi connectivity index (χ4n) is 4.00. The summed E-state index contributed by atoms with van der Waals surface area (Å²) >= 11 is 1.33. The first-order chi connectivity index (χ1) is 15.8. The number of hydrogen-bond donors (Lipinski definition) is 0. The van der Waals surface area contributed by atoms with Gasteiger partial charge in [-0.05, 0) is 23.6 Å². The molecule has 174 valence electrons. The van der Waals surface area contributed by atoms with Gasteiger partial charge in [-0.1, -0.05) is 42.1 Å². The molecule has 1 aliphatic rings. The van der Waals surface area contributed by atoms with Crippen LogP contribution in [0.2, 0.25) is 0 Å². The van der Waals surface area contributed by atoms with Crippen molar-refractivity contribution in [2.45, 2.75) is 17.5 Å². The highest BCUT2D eigenvalue weighted by Gasteiger charge is 2.32. The molecule has 1 amide bonds. The van der Waals surface area contributed by atoms with Crippen LogP contribution in [-0.4, -0.2) is 68.8 Å². The SMILES string of the molecule is COc1cc(OC)c2c(-c3ccccc3)cc(SCC(=O)N(C)[C@@H]3CCS(=O)(=O)C3)nc2c1. The van der Waals surface area contributed by atoms with Crippen LogP contribution in [0.4, 0.5) is 0 Å². The number of aromatic nitrogens is 1. The molecule has 0 aliphatic carbocycles. The van der Waals surface area contributed by atoms with Gasteiger partial charge in [-0.3, -0.25) is 4.79 Å². The smallest absolute Gasteiger partial charge is 0.233 e. The van der Waals surface area contributed by atoms with Gasteiger partial charge < -0.3 is 14.4 Å². The van der Waals surface area contributed by atoms with Gasteiger partial charge in [0.1, 0.15) is 11.5 Å². The summed E-state index contributed by atoms with van der Waals surface area (Å²) in [6, 6.07) is 15.3. The average molecular weight is 487 g/mol. The van der Waals surface area contributed by atoms with E-state index < -0.39 is 9.84 Å². The highest BCUT2D eigenvalue weighted by molar-refractivity contribution is 7.99. The van der Waals surface area contributed by atoms with E-state index >= 15 is 0 Å². The lowest BCUT2D eigenvalue weighted by Crippen LogP contribution is -2.38. The van der Waals surface area contributed by atoms with E-state index in [2.05, 4.69) is 0 Å². The van der Waals surface area contributed by atoms with Crippen molar-refractivity contribution < 1.29 is 22.7 Å². The van der Waals surface area contributed by atoms with Crippen molar-refractivity contribution in [3.05, 3.63) is 48.5 Å². The maximum atomic E-state index is 12.8. The van der Waals surface area contributed by atoms with Gasteiger partial charge in [0.05, 0.1) is 47.4 Å². The fourth-order valence-corrected chi connectivity index (χ4v) is 6.62. The molecule has 2 aromatic carbocycles. The predicted octanol–water partition coefficient (Wildman–Crippen LogP) is 3.66. The van der Waals surface area contributed by atoms with Crippen LogP contribution in [0.15, 0.2) is 53.6 Å². The van der Waals surface area contributed by atoms with Crippen LogP contribution in [0.3, 0.4) is 0 Å². The summed E-state index contributed by atoms with van der Waals surface area (Å²) < 4.78 is 34.6. The minimum atomic E-state index is -3.05. The molecule has 0 spiro atoms. The number of nitrogens with zero attached hydrogens (tertiary/aromatic N) is 2. The second-order valence-electron chi connectivity index (χ2n) is 7.95. The number of fused-ring (bicyclic) bond motifs is 1. The number of amides is 1. The number of methoxy groups -OCH3 is 2. The zero-order valence-electron chi connectivity index (χ0n) is 18.8. The zero-order chi connectivity index (χ0) is 23.6. The van der Waals surface area contributed by atoms with Crippen molar-refractivity contribution in [3.8, 4) is 22.6 Å². The quantitative estimate of drug-likeness (QED) is 0.471. The van der Waals surface area contributed by atoms with E-state index in [-0.39, 0.29) is 29.2 Å². The molecule has 0 radical (unpaired) electrons. The number of rotatable bonds is 7. The summed E-state index contributed by atoms with van der Waals surface area (Å²) in [5, 5.41) is 1.56. The summed E-state index contributed by atoms with van der Waals surface area (Å²) in [6.07, 6.45) is 0.487. The van der Waals surface area contributed by atoms with Crippen LogP contribution in [0, 0.1) is 0 Å².